The molecule has 1 unspecified atom stereocenters. The van der Waals surface area contributed by atoms with Crippen LogP contribution in [0.15, 0.2) is 0 Å². The summed E-state index contributed by atoms with van der Waals surface area (Å²) in [7, 11) is 4.02. The standard InChI is InChI=1S/C8H20N2O/c1-4-10(3)7-8(9-2)5-6-11/h8-9,11H,4-7H2,1-3H3. The van der Waals surface area contributed by atoms with Gasteiger partial charge in [-0.2, -0.15) is 0 Å². The predicted molar refractivity (Wildman–Crippen MR) is 47.7 cm³/mol. The van der Waals surface area contributed by atoms with Gasteiger partial charge in [0.15, 0.2) is 0 Å². The SMILES string of the molecule is CCN(C)CC(CCO)NC. The van der Waals surface area contributed by atoms with E-state index < -0.39 is 0 Å². The molecule has 0 fully saturated rings. The van der Waals surface area contributed by atoms with Gasteiger partial charge in [0.25, 0.3) is 0 Å². The summed E-state index contributed by atoms with van der Waals surface area (Å²) < 4.78 is 0. The molecule has 0 aliphatic heterocycles. The van der Waals surface area contributed by atoms with Crippen molar-refractivity contribution in [1.29, 1.82) is 0 Å². The maximum Gasteiger partial charge on any atom is 0.0446 e. The van der Waals surface area contributed by atoms with Crippen molar-refractivity contribution >= 4 is 0 Å². The molecule has 1 atom stereocenters. The van der Waals surface area contributed by atoms with Gasteiger partial charge in [-0.25, -0.2) is 0 Å². The molecule has 0 bridgehead atoms. The minimum Gasteiger partial charge on any atom is -0.396 e. The quantitative estimate of drug-likeness (QED) is 0.570. The van der Waals surface area contributed by atoms with Gasteiger partial charge in [-0.3, -0.25) is 0 Å². The summed E-state index contributed by atoms with van der Waals surface area (Å²) in [6, 6.07) is 0.421. The number of likely N-dealkylation sites (N-methyl/N-ethyl adjacent to an activating group) is 2. The summed E-state index contributed by atoms with van der Waals surface area (Å²) in [5, 5.41) is 11.9. The third-order valence-corrected chi connectivity index (χ3v) is 1.96. The van der Waals surface area contributed by atoms with Crippen LogP contribution in [0.5, 0.6) is 0 Å². The van der Waals surface area contributed by atoms with Gasteiger partial charge in [-0.1, -0.05) is 6.92 Å². The van der Waals surface area contributed by atoms with Crippen LogP contribution in [-0.2, 0) is 0 Å². The number of hydrogen-bond acceptors (Lipinski definition) is 3. The average Bonchev–Trinajstić information content (AvgIpc) is 2.03. The molecule has 0 aliphatic carbocycles. The van der Waals surface area contributed by atoms with E-state index in [0.29, 0.717) is 6.04 Å². The Bertz CT molecular complexity index is 88.2. The lowest BCUT2D eigenvalue weighted by atomic mass is 10.2. The van der Waals surface area contributed by atoms with Crippen molar-refractivity contribution in [3.8, 4) is 0 Å². The van der Waals surface area contributed by atoms with Crippen LogP contribution in [0.1, 0.15) is 13.3 Å². The van der Waals surface area contributed by atoms with Crippen molar-refractivity contribution in [2.24, 2.45) is 0 Å². The zero-order valence-electron chi connectivity index (χ0n) is 7.80. The first-order valence-corrected chi connectivity index (χ1v) is 4.21. The maximum atomic E-state index is 8.69. The third-order valence-electron chi connectivity index (χ3n) is 1.96. The summed E-state index contributed by atoms with van der Waals surface area (Å²) in [5.41, 5.74) is 0. The summed E-state index contributed by atoms with van der Waals surface area (Å²) in [6.07, 6.45) is 0.834. The third kappa shape index (κ3) is 5.18. The maximum absolute atomic E-state index is 8.69. The van der Waals surface area contributed by atoms with Gasteiger partial charge in [-0.05, 0) is 27.1 Å². The number of aliphatic hydroxyl groups is 1. The van der Waals surface area contributed by atoms with Crippen molar-refractivity contribution < 1.29 is 5.11 Å². The van der Waals surface area contributed by atoms with Crippen molar-refractivity contribution in [3.63, 3.8) is 0 Å². The number of aliphatic hydroxyl groups excluding tert-OH is 1. The van der Waals surface area contributed by atoms with Gasteiger partial charge in [0.1, 0.15) is 0 Å². The number of rotatable bonds is 6. The lowest BCUT2D eigenvalue weighted by Crippen LogP contribution is -2.38. The molecular weight excluding hydrogens is 140 g/mol. The number of hydrogen-bond donors (Lipinski definition) is 2. The molecule has 0 radical (unpaired) electrons. The van der Waals surface area contributed by atoms with Crippen molar-refractivity contribution in [1.82, 2.24) is 10.2 Å². The fourth-order valence-electron chi connectivity index (χ4n) is 0.988. The molecule has 68 valence electrons. The van der Waals surface area contributed by atoms with E-state index in [0.717, 1.165) is 19.5 Å². The molecule has 0 heterocycles. The Morgan fingerprint density at radius 2 is 2.18 bits per heavy atom. The summed E-state index contributed by atoms with van der Waals surface area (Å²) >= 11 is 0. The zero-order chi connectivity index (χ0) is 8.69. The smallest absolute Gasteiger partial charge is 0.0446 e. The Labute approximate surface area is 69.4 Å². The highest BCUT2D eigenvalue weighted by molar-refractivity contribution is 4.67. The molecule has 0 saturated carbocycles. The lowest BCUT2D eigenvalue weighted by molar-refractivity contribution is 0.237. The fourth-order valence-corrected chi connectivity index (χ4v) is 0.988. The molecule has 0 aromatic carbocycles. The van der Waals surface area contributed by atoms with E-state index in [9.17, 15) is 0 Å². The number of nitrogens with one attached hydrogen (secondary N) is 1. The Morgan fingerprint density at radius 3 is 2.55 bits per heavy atom. The Hall–Kier alpha value is -0.120. The fraction of sp³-hybridized carbons (Fsp3) is 1.00. The zero-order valence-corrected chi connectivity index (χ0v) is 7.80. The molecule has 0 aromatic rings. The molecule has 2 N–H and O–H groups in total. The average molecular weight is 160 g/mol. The normalized spacial score (nSPS) is 13.9. The summed E-state index contributed by atoms with van der Waals surface area (Å²) in [4.78, 5) is 2.23. The highest BCUT2D eigenvalue weighted by Gasteiger charge is 2.06. The van der Waals surface area contributed by atoms with E-state index >= 15 is 0 Å². The second-order valence-corrected chi connectivity index (χ2v) is 2.85. The van der Waals surface area contributed by atoms with Gasteiger partial charge in [-0.15, -0.1) is 0 Å². The molecule has 0 saturated heterocycles. The van der Waals surface area contributed by atoms with Crippen molar-refractivity contribution in [3.05, 3.63) is 0 Å². The van der Waals surface area contributed by atoms with Gasteiger partial charge in [0, 0.05) is 19.2 Å². The molecule has 11 heavy (non-hydrogen) atoms. The minimum atomic E-state index is 0.267. The van der Waals surface area contributed by atoms with Crippen LogP contribution >= 0.6 is 0 Å². The van der Waals surface area contributed by atoms with Crippen LogP contribution < -0.4 is 5.32 Å². The van der Waals surface area contributed by atoms with Crippen LogP contribution in [0.4, 0.5) is 0 Å². The number of nitrogens with zero attached hydrogens (tertiary/aromatic N) is 1. The van der Waals surface area contributed by atoms with Crippen LogP contribution in [0.25, 0.3) is 0 Å². The van der Waals surface area contributed by atoms with Gasteiger partial charge < -0.3 is 15.3 Å². The highest BCUT2D eigenvalue weighted by Crippen LogP contribution is 1.92. The topological polar surface area (TPSA) is 35.5 Å². The van der Waals surface area contributed by atoms with E-state index in [1.54, 1.807) is 0 Å². The second kappa shape index (κ2) is 6.58. The molecule has 3 heteroatoms. The summed E-state index contributed by atoms with van der Waals surface area (Å²) in [5.74, 6) is 0. The van der Waals surface area contributed by atoms with E-state index in [1.807, 2.05) is 7.05 Å². The molecule has 0 aromatic heterocycles. The minimum absolute atomic E-state index is 0.267. The largest absolute Gasteiger partial charge is 0.396 e. The first kappa shape index (κ1) is 10.9. The Kier molecular flexibility index (Phi) is 6.51. The van der Waals surface area contributed by atoms with E-state index in [2.05, 4.69) is 24.2 Å². The van der Waals surface area contributed by atoms with Crippen molar-refractivity contribution in [2.45, 2.75) is 19.4 Å². The van der Waals surface area contributed by atoms with Crippen molar-refractivity contribution in [2.75, 3.05) is 33.8 Å². The molecule has 0 rings (SSSR count). The second-order valence-electron chi connectivity index (χ2n) is 2.85. The lowest BCUT2D eigenvalue weighted by Gasteiger charge is -2.21. The first-order chi connectivity index (χ1) is 5.24. The molecule has 0 aliphatic rings. The first-order valence-electron chi connectivity index (χ1n) is 4.21. The monoisotopic (exact) mass is 160 g/mol. The molecule has 0 amide bonds. The summed E-state index contributed by atoms with van der Waals surface area (Å²) in [6.45, 7) is 4.46. The molecule has 0 spiro atoms. The molecular formula is C8H20N2O. The van der Waals surface area contributed by atoms with Gasteiger partial charge >= 0.3 is 0 Å². The predicted octanol–water partition coefficient (Wildman–Crippen LogP) is -0.0915. The molecule has 3 nitrogen and oxygen atoms in total. The Balaban J connectivity index is 3.49. The Morgan fingerprint density at radius 1 is 1.55 bits per heavy atom. The van der Waals surface area contributed by atoms with Crippen LogP contribution in [0, 0.1) is 0 Å². The van der Waals surface area contributed by atoms with E-state index in [4.69, 9.17) is 5.11 Å². The van der Waals surface area contributed by atoms with E-state index in [1.165, 1.54) is 0 Å². The highest BCUT2D eigenvalue weighted by atomic mass is 16.3. The van der Waals surface area contributed by atoms with Crippen LogP contribution in [-0.4, -0.2) is 49.8 Å². The van der Waals surface area contributed by atoms with Gasteiger partial charge in [0.2, 0.25) is 0 Å². The van der Waals surface area contributed by atoms with E-state index in [-0.39, 0.29) is 6.61 Å². The van der Waals surface area contributed by atoms with Crippen LogP contribution in [0.3, 0.4) is 0 Å². The van der Waals surface area contributed by atoms with Gasteiger partial charge in [0.05, 0.1) is 0 Å². The van der Waals surface area contributed by atoms with Crippen LogP contribution in [0.2, 0.25) is 0 Å².